The monoisotopic (exact) mass is 459 g/mol. The van der Waals surface area contributed by atoms with Crippen molar-refractivity contribution in [2.75, 3.05) is 13.1 Å². The van der Waals surface area contributed by atoms with Gasteiger partial charge in [-0.05, 0) is 57.4 Å². The number of hydrogen-bond acceptors (Lipinski definition) is 6. The number of β-lactam (4-membered cyclic amide) rings is 1. The van der Waals surface area contributed by atoms with Gasteiger partial charge in [0.1, 0.15) is 5.70 Å². The van der Waals surface area contributed by atoms with Crippen LogP contribution in [0.25, 0.3) is 0 Å². The van der Waals surface area contributed by atoms with Gasteiger partial charge in [0.05, 0.1) is 18.1 Å². The molecule has 1 aliphatic carbocycles. The standard InChI is InChI=1S/C21H33N3O4S.ClH/c1-10-17-16(11(2)25)20(26)24(17)18(21(27)28)19(10)29-14-7-15(23-9-14)13-5-3-12(8-22)4-6-13;/h10-17,23,25H,3-9,22H2,1-2H3,(H,27,28);1H/t10-,11-,12?,13?,14+,15-,16-,17-;/m1./s1. The van der Waals surface area contributed by atoms with E-state index >= 15 is 0 Å². The van der Waals surface area contributed by atoms with Crippen LogP contribution in [-0.4, -0.2) is 63.5 Å². The number of rotatable bonds is 6. The molecule has 5 N–H and O–H groups in total. The number of nitrogens with one attached hydrogen (secondary N) is 1. The normalized spacial score (nSPS) is 39.4. The van der Waals surface area contributed by atoms with Crippen LogP contribution in [-0.2, 0) is 9.59 Å². The number of hydrogen-bond donors (Lipinski definition) is 4. The molecule has 0 aromatic carbocycles. The number of fused-ring (bicyclic) bond motifs is 1. The molecule has 1 saturated carbocycles. The summed E-state index contributed by atoms with van der Waals surface area (Å²) >= 11 is 1.64. The third-order valence-corrected chi connectivity index (χ3v) is 9.03. The Balaban J connectivity index is 0.00000256. The van der Waals surface area contributed by atoms with Crippen molar-refractivity contribution in [3.8, 4) is 0 Å². The van der Waals surface area contributed by atoms with Crippen molar-refractivity contribution in [3.05, 3.63) is 10.6 Å². The minimum atomic E-state index is -1.04. The molecular formula is C21H34ClN3O4S. The van der Waals surface area contributed by atoms with Gasteiger partial charge >= 0.3 is 5.97 Å². The van der Waals surface area contributed by atoms with Crippen molar-refractivity contribution in [3.63, 3.8) is 0 Å². The summed E-state index contributed by atoms with van der Waals surface area (Å²) in [5.41, 5.74) is 5.96. The first-order valence-electron chi connectivity index (χ1n) is 10.9. The fraction of sp³-hybridized carbons (Fsp3) is 0.810. The van der Waals surface area contributed by atoms with E-state index in [-0.39, 0.29) is 36.0 Å². The van der Waals surface area contributed by atoms with Crippen molar-refractivity contribution in [2.24, 2.45) is 29.4 Å². The Morgan fingerprint density at radius 1 is 1.33 bits per heavy atom. The van der Waals surface area contributed by atoms with Gasteiger partial charge in [0.25, 0.3) is 0 Å². The molecule has 0 aromatic heterocycles. The molecule has 170 valence electrons. The molecule has 3 heterocycles. The van der Waals surface area contributed by atoms with Crippen LogP contribution >= 0.6 is 24.2 Å². The molecule has 4 rings (SSSR count). The van der Waals surface area contributed by atoms with E-state index in [0.717, 1.165) is 24.4 Å². The molecule has 0 spiro atoms. The van der Waals surface area contributed by atoms with Gasteiger partial charge in [-0.2, -0.15) is 0 Å². The van der Waals surface area contributed by atoms with Crippen LogP contribution in [0.15, 0.2) is 10.6 Å². The molecule has 0 aromatic rings. The zero-order chi connectivity index (χ0) is 20.9. The van der Waals surface area contributed by atoms with Crippen molar-refractivity contribution in [2.45, 2.75) is 69.4 Å². The van der Waals surface area contributed by atoms with E-state index in [1.54, 1.807) is 18.7 Å². The first kappa shape index (κ1) is 23.9. The predicted octanol–water partition coefficient (Wildman–Crippen LogP) is 1.79. The van der Waals surface area contributed by atoms with E-state index in [1.807, 2.05) is 6.92 Å². The molecule has 7 nitrogen and oxygen atoms in total. The number of aliphatic hydroxyl groups excluding tert-OH is 1. The molecule has 9 heteroatoms. The number of carboxylic acids is 1. The summed E-state index contributed by atoms with van der Waals surface area (Å²) in [5, 5.41) is 23.8. The average Bonchev–Trinajstić information content (AvgIpc) is 3.24. The highest BCUT2D eigenvalue weighted by atomic mass is 35.5. The zero-order valence-corrected chi connectivity index (χ0v) is 19.3. The number of thioether (sulfide) groups is 1. The lowest BCUT2D eigenvalue weighted by atomic mass is 9.78. The number of nitrogens with two attached hydrogens (primary N) is 1. The Kier molecular flexibility index (Phi) is 7.45. The fourth-order valence-electron chi connectivity index (χ4n) is 5.87. The van der Waals surface area contributed by atoms with Gasteiger partial charge in [-0.1, -0.05) is 6.92 Å². The van der Waals surface area contributed by atoms with Crippen LogP contribution in [0.1, 0.15) is 46.0 Å². The Bertz CT molecular complexity index is 710. The van der Waals surface area contributed by atoms with Crippen LogP contribution in [0.5, 0.6) is 0 Å². The molecule has 30 heavy (non-hydrogen) atoms. The number of aliphatic carboxylic acids is 1. The van der Waals surface area contributed by atoms with Crippen molar-refractivity contribution < 1.29 is 19.8 Å². The number of amides is 1. The van der Waals surface area contributed by atoms with Crippen LogP contribution in [0, 0.1) is 23.7 Å². The maximum absolute atomic E-state index is 12.5. The van der Waals surface area contributed by atoms with E-state index < -0.39 is 18.0 Å². The van der Waals surface area contributed by atoms with Gasteiger partial charge in [-0.25, -0.2) is 4.79 Å². The maximum atomic E-state index is 12.5. The minimum Gasteiger partial charge on any atom is -0.477 e. The molecular weight excluding hydrogens is 426 g/mol. The number of halogens is 1. The molecule has 6 atom stereocenters. The average molecular weight is 460 g/mol. The number of carboxylic acid groups (broad SMARTS) is 1. The summed E-state index contributed by atoms with van der Waals surface area (Å²) in [4.78, 5) is 26.7. The summed E-state index contributed by atoms with van der Waals surface area (Å²) in [6.45, 7) is 5.26. The fourth-order valence-corrected chi connectivity index (χ4v) is 7.36. The topological polar surface area (TPSA) is 116 Å². The van der Waals surface area contributed by atoms with Gasteiger partial charge in [-0.3, -0.25) is 4.79 Å². The quantitative estimate of drug-likeness (QED) is 0.447. The number of carbonyl (C=O) groups is 2. The van der Waals surface area contributed by atoms with Gasteiger partial charge in [0.2, 0.25) is 5.91 Å². The summed E-state index contributed by atoms with van der Waals surface area (Å²) < 4.78 is 0. The molecule has 4 aliphatic rings. The van der Waals surface area contributed by atoms with E-state index in [2.05, 4.69) is 5.32 Å². The molecule has 2 saturated heterocycles. The number of aliphatic hydroxyl groups is 1. The Morgan fingerprint density at radius 2 is 2.00 bits per heavy atom. The lowest BCUT2D eigenvalue weighted by Gasteiger charge is -2.46. The first-order valence-corrected chi connectivity index (χ1v) is 11.8. The largest absolute Gasteiger partial charge is 0.477 e. The summed E-state index contributed by atoms with van der Waals surface area (Å²) in [6.07, 6.45) is 5.13. The van der Waals surface area contributed by atoms with Crippen molar-refractivity contribution in [1.29, 1.82) is 0 Å². The van der Waals surface area contributed by atoms with E-state index in [4.69, 9.17) is 5.73 Å². The highest BCUT2D eigenvalue weighted by Gasteiger charge is 2.60. The van der Waals surface area contributed by atoms with Crippen LogP contribution < -0.4 is 11.1 Å². The Morgan fingerprint density at radius 3 is 2.57 bits per heavy atom. The van der Waals surface area contributed by atoms with E-state index in [9.17, 15) is 19.8 Å². The SMILES string of the molecule is C[C@@H](O)[C@H]1C(=O)N2C(C(=O)O)=C(S[C@@H]3CN[C@@H](C4CCC(CN)CC4)C3)[C@H](C)[C@H]12.Cl. The highest BCUT2D eigenvalue weighted by molar-refractivity contribution is 8.03. The maximum Gasteiger partial charge on any atom is 0.353 e. The molecule has 1 amide bonds. The second-order valence-corrected chi connectivity index (χ2v) is 10.6. The lowest BCUT2D eigenvalue weighted by molar-refractivity contribution is -0.163. The molecule has 0 bridgehead atoms. The molecule has 0 radical (unpaired) electrons. The van der Waals surface area contributed by atoms with Gasteiger partial charge in [0.15, 0.2) is 0 Å². The number of carbonyl (C=O) groups excluding carboxylic acids is 1. The highest BCUT2D eigenvalue weighted by Crippen LogP contribution is 2.52. The van der Waals surface area contributed by atoms with Crippen LogP contribution in [0.4, 0.5) is 0 Å². The molecule has 0 unspecified atom stereocenters. The van der Waals surface area contributed by atoms with Crippen molar-refractivity contribution in [1.82, 2.24) is 10.2 Å². The third-order valence-electron chi connectivity index (χ3n) is 7.52. The third kappa shape index (κ3) is 4.01. The van der Waals surface area contributed by atoms with E-state index in [1.165, 1.54) is 30.6 Å². The molecule has 3 aliphatic heterocycles. The smallest absolute Gasteiger partial charge is 0.353 e. The van der Waals surface area contributed by atoms with Gasteiger partial charge in [-0.15, -0.1) is 24.2 Å². The minimum absolute atomic E-state index is 0. The second-order valence-electron chi connectivity index (χ2n) is 9.28. The second kappa shape index (κ2) is 9.36. The van der Waals surface area contributed by atoms with E-state index in [0.29, 0.717) is 23.1 Å². The van der Waals surface area contributed by atoms with Crippen molar-refractivity contribution >= 4 is 36.0 Å². The van der Waals surface area contributed by atoms with Gasteiger partial charge < -0.3 is 26.2 Å². The summed E-state index contributed by atoms with van der Waals surface area (Å²) in [5.74, 6) is -0.499. The van der Waals surface area contributed by atoms with Gasteiger partial charge in [0, 0.05) is 28.7 Å². The Hall–Kier alpha value is -0.800. The first-order chi connectivity index (χ1) is 13.8. The summed E-state index contributed by atoms with van der Waals surface area (Å²) in [6, 6.07) is 0.258. The van der Waals surface area contributed by atoms with Crippen LogP contribution in [0.3, 0.4) is 0 Å². The van der Waals surface area contributed by atoms with Crippen LogP contribution in [0.2, 0.25) is 0 Å². The molecule has 3 fully saturated rings. The zero-order valence-electron chi connectivity index (χ0n) is 17.6. The predicted molar refractivity (Wildman–Crippen MR) is 119 cm³/mol. The number of nitrogens with zero attached hydrogens (tertiary/aromatic N) is 1. The Labute approximate surface area is 188 Å². The lowest BCUT2D eigenvalue weighted by Crippen LogP contribution is -2.63. The summed E-state index contributed by atoms with van der Waals surface area (Å²) in [7, 11) is 0.